The molecule has 1 aliphatic rings. The van der Waals surface area contributed by atoms with Gasteiger partial charge < -0.3 is 20.1 Å². The van der Waals surface area contributed by atoms with Crippen molar-refractivity contribution in [2.75, 3.05) is 40.0 Å². The SMILES string of the molecule is COCCOc1ccc(Cl)cc1C(=O)N1CC[C@@H](CN)C1. The van der Waals surface area contributed by atoms with Crippen molar-refractivity contribution in [1.82, 2.24) is 4.90 Å². The number of benzene rings is 1. The Morgan fingerprint density at radius 2 is 2.29 bits per heavy atom. The van der Waals surface area contributed by atoms with Crippen LogP contribution in [0.3, 0.4) is 0 Å². The van der Waals surface area contributed by atoms with Gasteiger partial charge in [0.1, 0.15) is 12.4 Å². The molecule has 21 heavy (non-hydrogen) atoms. The molecule has 0 bridgehead atoms. The number of rotatable bonds is 6. The van der Waals surface area contributed by atoms with E-state index >= 15 is 0 Å². The zero-order chi connectivity index (χ0) is 15.2. The molecule has 0 aromatic heterocycles. The number of likely N-dealkylation sites (tertiary alicyclic amines) is 1. The fourth-order valence-electron chi connectivity index (χ4n) is 2.41. The lowest BCUT2D eigenvalue weighted by atomic mass is 10.1. The van der Waals surface area contributed by atoms with Gasteiger partial charge in [0, 0.05) is 25.2 Å². The van der Waals surface area contributed by atoms with Crippen LogP contribution in [0.25, 0.3) is 0 Å². The molecule has 0 saturated carbocycles. The first kappa shape index (κ1) is 16.1. The number of carbonyl (C=O) groups is 1. The highest BCUT2D eigenvalue weighted by atomic mass is 35.5. The molecule has 0 spiro atoms. The van der Waals surface area contributed by atoms with Gasteiger partial charge >= 0.3 is 0 Å². The molecule has 1 atom stereocenters. The van der Waals surface area contributed by atoms with E-state index in [-0.39, 0.29) is 5.91 Å². The topological polar surface area (TPSA) is 64.8 Å². The molecule has 1 aromatic rings. The fraction of sp³-hybridized carbons (Fsp3) is 0.533. The predicted molar refractivity (Wildman–Crippen MR) is 81.9 cm³/mol. The summed E-state index contributed by atoms with van der Waals surface area (Å²) in [6.45, 7) is 2.89. The first-order valence-electron chi connectivity index (χ1n) is 7.06. The van der Waals surface area contributed by atoms with E-state index in [0.29, 0.717) is 48.6 Å². The third-order valence-electron chi connectivity index (χ3n) is 3.62. The average Bonchev–Trinajstić information content (AvgIpc) is 2.97. The van der Waals surface area contributed by atoms with Crippen molar-refractivity contribution in [3.05, 3.63) is 28.8 Å². The number of hydrogen-bond acceptors (Lipinski definition) is 4. The summed E-state index contributed by atoms with van der Waals surface area (Å²) >= 11 is 6.01. The van der Waals surface area contributed by atoms with Gasteiger partial charge in [-0.3, -0.25) is 4.79 Å². The molecule has 1 saturated heterocycles. The average molecular weight is 313 g/mol. The van der Waals surface area contributed by atoms with E-state index in [9.17, 15) is 4.79 Å². The van der Waals surface area contributed by atoms with Gasteiger partial charge in [-0.2, -0.15) is 0 Å². The minimum atomic E-state index is -0.0548. The summed E-state index contributed by atoms with van der Waals surface area (Å²) in [7, 11) is 1.61. The normalized spacial score (nSPS) is 18.0. The Morgan fingerprint density at radius 1 is 1.48 bits per heavy atom. The number of nitrogens with zero attached hydrogens (tertiary/aromatic N) is 1. The third-order valence-corrected chi connectivity index (χ3v) is 3.86. The van der Waals surface area contributed by atoms with Crippen LogP contribution < -0.4 is 10.5 Å². The van der Waals surface area contributed by atoms with Crippen LogP contribution in [0.4, 0.5) is 0 Å². The zero-order valence-electron chi connectivity index (χ0n) is 12.2. The highest BCUT2D eigenvalue weighted by molar-refractivity contribution is 6.31. The van der Waals surface area contributed by atoms with Crippen molar-refractivity contribution in [2.24, 2.45) is 11.7 Å². The van der Waals surface area contributed by atoms with E-state index in [1.807, 2.05) is 4.90 Å². The fourth-order valence-corrected chi connectivity index (χ4v) is 2.58. The smallest absolute Gasteiger partial charge is 0.257 e. The number of carbonyl (C=O) groups excluding carboxylic acids is 1. The number of amides is 1. The van der Waals surface area contributed by atoms with Gasteiger partial charge in [-0.1, -0.05) is 11.6 Å². The van der Waals surface area contributed by atoms with Crippen LogP contribution in [0.5, 0.6) is 5.75 Å². The Bertz CT molecular complexity index is 496. The van der Waals surface area contributed by atoms with E-state index < -0.39 is 0 Å². The first-order valence-corrected chi connectivity index (χ1v) is 7.44. The molecule has 6 heteroatoms. The van der Waals surface area contributed by atoms with Crippen molar-refractivity contribution in [1.29, 1.82) is 0 Å². The molecular formula is C15H21ClN2O3. The minimum Gasteiger partial charge on any atom is -0.490 e. The summed E-state index contributed by atoms with van der Waals surface area (Å²) in [5.41, 5.74) is 6.17. The molecule has 5 nitrogen and oxygen atoms in total. The Hall–Kier alpha value is -1.30. The summed E-state index contributed by atoms with van der Waals surface area (Å²) in [5, 5.41) is 0.520. The van der Waals surface area contributed by atoms with Crippen LogP contribution in [0.1, 0.15) is 16.8 Å². The minimum absolute atomic E-state index is 0.0548. The second-order valence-corrected chi connectivity index (χ2v) is 5.56. The number of nitrogens with two attached hydrogens (primary N) is 1. The lowest BCUT2D eigenvalue weighted by molar-refractivity contribution is 0.0780. The van der Waals surface area contributed by atoms with Crippen molar-refractivity contribution < 1.29 is 14.3 Å². The van der Waals surface area contributed by atoms with Gasteiger partial charge in [0.2, 0.25) is 0 Å². The van der Waals surface area contributed by atoms with Crippen molar-refractivity contribution in [2.45, 2.75) is 6.42 Å². The molecule has 1 aliphatic heterocycles. The molecule has 1 amide bonds. The predicted octanol–water partition coefficient (Wildman–Crippen LogP) is 1.79. The quantitative estimate of drug-likeness (QED) is 0.813. The summed E-state index contributed by atoms with van der Waals surface area (Å²) in [4.78, 5) is 14.4. The van der Waals surface area contributed by atoms with E-state index in [1.165, 1.54) is 0 Å². The van der Waals surface area contributed by atoms with Crippen molar-refractivity contribution >= 4 is 17.5 Å². The Balaban J connectivity index is 2.13. The lowest BCUT2D eigenvalue weighted by Gasteiger charge is -2.19. The Kier molecular flexibility index (Phi) is 5.85. The van der Waals surface area contributed by atoms with E-state index in [1.54, 1.807) is 25.3 Å². The summed E-state index contributed by atoms with van der Waals surface area (Å²) < 4.78 is 10.6. The third kappa shape index (κ3) is 4.09. The maximum atomic E-state index is 12.6. The largest absolute Gasteiger partial charge is 0.490 e. The van der Waals surface area contributed by atoms with Gasteiger partial charge in [-0.05, 0) is 37.1 Å². The standard InChI is InChI=1S/C15H21ClN2O3/c1-20-6-7-21-14-3-2-12(16)8-13(14)15(19)18-5-4-11(9-17)10-18/h2-3,8,11H,4-7,9-10,17H2,1H3/t11-/m0/s1. The van der Waals surface area contributed by atoms with Crippen molar-refractivity contribution in [3.63, 3.8) is 0 Å². The van der Waals surface area contributed by atoms with Crippen LogP contribution in [-0.4, -0.2) is 50.8 Å². The summed E-state index contributed by atoms with van der Waals surface area (Å²) in [6.07, 6.45) is 0.947. The first-order chi connectivity index (χ1) is 10.2. The highest BCUT2D eigenvalue weighted by Crippen LogP contribution is 2.26. The Labute approximate surface area is 130 Å². The van der Waals surface area contributed by atoms with Crippen LogP contribution >= 0.6 is 11.6 Å². The lowest BCUT2D eigenvalue weighted by Crippen LogP contribution is -2.30. The molecule has 2 N–H and O–H groups in total. The maximum Gasteiger partial charge on any atom is 0.257 e. The molecule has 116 valence electrons. The molecule has 1 fully saturated rings. The van der Waals surface area contributed by atoms with Gasteiger partial charge in [-0.25, -0.2) is 0 Å². The molecule has 2 rings (SSSR count). The molecular weight excluding hydrogens is 292 g/mol. The molecule has 1 aromatic carbocycles. The van der Waals surface area contributed by atoms with E-state index in [0.717, 1.165) is 13.0 Å². The summed E-state index contributed by atoms with van der Waals surface area (Å²) in [6, 6.07) is 5.09. The number of methoxy groups -OCH3 is 1. The van der Waals surface area contributed by atoms with Crippen LogP contribution in [0.2, 0.25) is 5.02 Å². The van der Waals surface area contributed by atoms with Crippen LogP contribution in [0.15, 0.2) is 18.2 Å². The summed E-state index contributed by atoms with van der Waals surface area (Å²) in [5.74, 6) is 0.865. The number of hydrogen-bond donors (Lipinski definition) is 1. The second-order valence-electron chi connectivity index (χ2n) is 5.12. The second kappa shape index (κ2) is 7.64. The number of ether oxygens (including phenoxy) is 2. The van der Waals surface area contributed by atoms with Crippen LogP contribution in [-0.2, 0) is 4.74 Å². The molecule has 1 heterocycles. The van der Waals surface area contributed by atoms with Gasteiger partial charge in [0.15, 0.2) is 0 Å². The number of halogens is 1. The van der Waals surface area contributed by atoms with Crippen molar-refractivity contribution in [3.8, 4) is 5.75 Å². The van der Waals surface area contributed by atoms with Gasteiger partial charge in [0.25, 0.3) is 5.91 Å². The highest BCUT2D eigenvalue weighted by Gasteiger charge is 2.27. The zero-order valence-corrected chi connectivity index (χ0v) is 12.9. The van der Waals surface area contributed by atoms with Gasteiger partial charge in [0.05, 0.1) is 12.2 Å². The van der Waals surface area contributed by atoms with E-state index in [2.05, 4.69) is 0 Å². The monoisotopic (exact) mass is 312 g/mol. The molecule has 0 aliphatic carbocycles. The maximum absolute atomic E-state index is 12.6. The molecule has 0 unspecified atom stereocenters. The molecule has 0 radical (unpaired) electrons. The van der Waals surface area contributed by atoms with Gasteiger partial charge in [-0.15, -0.1) is 0 Å². The van der Waals surface area contributed by atoms with Crippen LogP contribution in [0, 0.1) is 5.92 Å². The van der Waals surface area contributed by atoms with E-state index in [4.69, 9.17) is 26.8 Å². The Morgan fingerprint density at radius 3 is 2.95 bits per heavy atom.